The van der Waals surface area contributed by atoms with Crippen LogP contribution in [0.4, 0.5) is 5.13 Å². The SMILES string of the molecule is CCNc1nc(CC)c(C(N)=O)s1. The number of thiazole rings is 1. The molecule has 0 unspecified atom stereocenters. The highest BCUT2D eigenvalue weighted by Gasteiger charge is 2.13. The van der Waals surface area contributed by atoms with Crippen molar-refractivity contribution in [1.82, 2.24) is 4.98 Å². The Morgan fingerprint density at radius 3 is 2.69 bits per heavy atom. The molecule has 0 saturated carbocycles. The number of nitrogens with zero attached hydrogens (tertiary/aromatic N) is 1. The third kappa shape index (κ3) is 2.18. The Bertz CT molecular complexity index is 308. The zero-order valence-electron chi connectivity index (χ0n) is 7.76. The lowest BCUT2D eigenvalue weighted by Gasteiger charge is -1.92. The largest absolute Gasteiger partial charge is 0.365 e. The Labute approximate surface area is 81.2 Å². The highest BCUT2D eigenvalue weighted by molar-refractivity contribution is 7.17. The van der Waals surface area contributed by atoms with Crippen molar-refractivity contribution >= 4 is 22.4 Å². The second-order valence-corrected chi connectivity index (χ2v) is 3.54. The summed E-state index contributed by atoms with van der Waals surface area (Å²) >= 11 is 1.32. The van der Waals surface area contributed by atoms with Crippen LogP contribution in [-0.2, 0) is 6.42 Å². The minimum absolute atomic E-state index is 0.390. The number of nitrogens with two attached hydrogens (primary N) is 1. The zero-order valence-corrected chi connectivity index (χ0v) is 8.57. The second kappa shape index (κ2) is 4.23. The van der Waals surface area contributed by atoms with E-state index in [0.29, 0.717) is 4.88 Å². The normalized spacial score (nSPS) is 10.0. The number of amides is 1. The van der Waals surface area contributed by atoms with E-state index in [9.17, 15) is 4.79 Å². The molecule has 0 aromatic carbocycles. The summed E-state index contributed by atoms with van der Waals surface area (Å²) in [7, 11) is 0. The van der Waals surface area contributed by atoms with E-state index in [1.54, 1.807) is 0 Å². The maximum atomic E-state index is 11.0. The van der Waals surface area contributed by atoms with E-state index in [-0.39, 0.29) is 0 Å². The smallest absolute Gasteiger partial charge is 0.260 e. The third-order valence-corrected chi connectivity index (χ3v) is 2.65. The average Bonchev–Trinajstić information content (AvgIpc) is 2.48. The van der Waals surface area contributed by atoms with Crippen molar-refractivity contribution in [2.45, 2.75) is 20.3 Å². The van der Waals surface area contributed by atoms with Gasteiger partial charge in [-0.3, -0.25) is 4.79 Å². The molecule has 0 aliphatic heterocycles. The van der Waals surface area contributed by atoms with Crippen molar-refractivity contribution in [1.29, 1.82) is 0 Å². The summed E-state index contributed by atoms with van der Waals surface area (Å²) in [5.74, 6) is -0.390. The molecule has 0 radical (unpaired) electrons. The standard InChI is InChI=1S/C8H13N3OS/c1-3-5-6(7(9)12)13-8(11-5)10-4-2/h3-4H2,1-2H3,(H2,9,12)(H,10,11). The first-order chi connectivity index (χ1) is 6.19. The van der Waals surface area contributed by atoms with E-state index in [4.69, 9.17) is 5.73 Å². The molecule has 0 bridgehead atoms. The van der Waals surface area contributed by atoms with Crippen LogP contribution >= 0.6 is 11.3 Å². The number of carbonyl (C=O) groups is 1. The lowest BCUT2D eigenvalue weighted by Crippen LogP contribution is -2.11. The molecule has 0 fully saturated rings. The highest BCUT2D eigenvalue weighted by Crippen LogP contribution is 2.22. The van der Waals surface area contributed by atoms with Crippen LogP contribution in [0.5, 0.6) is 0 Å². The maximum Gasteiger partial charge on any atom is 0.260 e. The minimum Gasteiger partial charge on any atom is -0.365 e. The molecule has 1 amide bonds. The average molecular weight is 199 g/mol. The van der Waals surface area contributed by atoms with Gasteiger partial charge in [0.2, 0.25) is 0 Å². The number of hydrogen-bond acceptors (Lipinski definition) is 4. The summed E-state index contributed by atoms with van der Waals surface area (Å²) in [6, 6.07) is 0. The summed E-state index contributed by atoms with van der Waals surface area (Å²) in [5.41, 5.74) is 5.99. The molecule has 0 spiro atoms. The number of hydrogen-bond donors (Lipinski definition) is 2. The van der Waals surface area contributed by atoms with Gasteiger partial charge in [0, 0.05) is 6.54 Å². The van der Waals surface area contributed by atoms with Crippen molar-refractivity contribution < 1.29 is 4.79 Å². The highest BCUT2D eigenvalue weighted by atomic mass is 32.1. The third-order valence-electron chi connectivity index (χ3n) is 1.58. The first kappa shape index (κ1) is 9.98. The van der Waals surface area contributed by atoms with Crippen molar-refractivity contribution in [3.8, 4) is 0 Å². The monoisotopic (exact) mass is 199 g/mol. The quantitative estimate of drug-likeness (QED) is 0.766. The van der Waals surface area contributed by atoms with Crippen molar-refractivity contribution in [3.05, 3.63) is 10.6 Å². The first-order valence-corrected chi connectivity index (χ1v) is 5.04. The first-order valence-electron chi connectivity index (χ1n) is 4.22. The summed E-state index contributed by atoms with van der Waals surface area (Å²) in [6.45, 7) is 4.74. The van der Waals surface area contributed by atoms with Gasteiger partial charge >= 0.3 is 0 Å². The van der Waals surface area contributed by atoms with Crippen molar-refractivity contribution in [3.63, 3.8) is 0 Å². The van der Waals surface area contributed by atoms with Crippen LogP contribution in [0.1, 0.15) is 29.2 Å². The summed E-state index contributed by atoms with van der Waals surface area (Å²) in [5, 5.41) is 3.83. The van der Waals surface area contributed by atoms with Gasteiger partial charge in [0.25, 0.3) is 5.91 Å². The fraction of sp³-hybridized carbons (Fsp3) is 0.500. The molecule has 1 heterocycles. The Morgan fingerprint density at radius 2 is 2.31 bits per heavy atom. The van der Waals surface area contributed by atoms with Gasteiger partial charge in [-0.2, -0.15) is 0 Å². The van der Waals surface area contributed by atoms with Gasteiger partial charge < -0.3 is 11.1 Å². The molecule has 0 saturated heterocycles. The summed E-state index contributed by atoms with van der Waals surface area (Å²) in [6.07, 6.45) is 0.736. The Morgan fingerprint density at radius 1 is 1.62 bits per heavy atom. The zero-order chi connectivity index (χ0) is 9.84. The van der Waals surface area contributed by atoms with Gasteiger partial charge in [-0.15, -0.1) is 0 Å². The number of nitrogens with one attached hydrogen (secondary N) is 1. The second-order valence-electron chi connectivity index (χ2n) is 2.54. The minimum atomic E-state index is -0.390. The van der Waals surface area contributed by atoms with Gasteiger partial charge in [0.15, 0.2) is 5.13 Å². The maximum absolute atomic E-state index is 11.0. The van der Waals surface area contributed by atoms with Crippen molar-refractivity contribution in [2.75, 3.05) is 11.9 Å². The van der Waals surface area contributed by atoms with Gasteiger partial charge in [-0.05, 0) is 13.3 Å². The van der Waals surface area contributed by atoms with Crippen LogP contribution in [-0.4, -0.2) is 17.4 Å². The van der Waals surface area contributed by atoms with Crippen LogP contribution in [0.25, 0.3) is 0 Å². The van der Waals surface area contributed by atoms with E-state index in [1.807, 2.05) is 13.8 Å². The van der Waals surface area contributed by atoms with Crippen LogP contribution in [0.15, 0.2) is 0 Å². The molecule has 0 atom stereocenters. The van der Waals surface area contributed by atoms with Gasteiger partial charge in [-0.25, -0.2) is 4.98 Å². The predicted octanol–water partition coefficient (Wildman–Crippen LogP) is 1.24. The van der Waals surface area contributed by atoms with Crippen LogP contribution < -0.4 is 11.1 Å². The number of rotatable bonds is 4. The molecule has 1 rings (SSSR count). The lowest BCUT2D eigenvalue weighted by atomic mass is 10.3. The van der Waals surface area contributed by atoms with Crippen LogP contribution in [0.3, 0.4) is 0 Å². The molecular formula is C8H13N3OS. The topological polar surface area (TPSA) is 68.0 Å². The molecule has 1 aromatic rings. The van der Waals surface area contributed by atoms with Gasteiger partial charge in [0.1, 0.15) is 4.88 Å². The lowest BCUT2D eigenvalue weighted by molar-refractivity contribution is 0.100. The van der Waals surface area contributed by atoms with Crippen molar-refractivity contribution in [2.24, 2.45) is 5.73 Å². The van der Waals surface area contributed by atoms with E-state index in [2.05, 4.69) is 10.3 Å². The number of aromatic nitrogens is 1. The predicted molar refractivity (Wildman–Crippen MR) is 54.2 cm³/mol. The van der Waals surface area contributed by atoms with E-state index in [0.717, 1.165) is 23.8 Å². The Hall–Kier alpha value is -1.10. The Balaban J connectivity index is 2.97. The number of carbonyl (C=O) groups excluding carboxylic acids is 1. The molecule has 72 valence electrons. The molecule has 0 aliphatic carbocycles. The summed E-state index contributed by atoms with van der Waals surface area (Å²) < 4.78 is 0. The van der Waals surface area contributed by atoms with Crippen LogP contribution in [0.2, 0.25) is 0 Å². The molecule has 3 N–H and O–H groups in total. The molecule has 0 aliphatic rings. The van der Waals surface area contributed by atoms with Crippen LogP contribution in [0, 0.1) is 0 Å². The fourth-order valence-corrected chi connectivity index (χ4v) is 1.98. The van der Waals surface area contributed by atoms with E-state index in [1.165, 1.54) is 11.3 Å². The van der Waals surface area contributed by atoms with E-state index >= 15 is 0 Å². The van der Waals surface area contributed by atoms with Gasteiger partial charge in [0.05, 0.1) is 5.69 Å². The molecule has 5 heteroatoms. The molecule has 13 heavy (non-hydrogen) atoms. The number of primary amides is 1. The number of aryl methyl sites for hydroxylation is 1. The Kier molecular flexibility index (Phi) is 3.25. The van der Waals surface area contributed by atoms with E-state index < -0.39 is 5.91 Å². The summed E-state index contributed by atoms with van der Waals surface area (Å²) in [4.78, 5) is 15.8. The van der Waals surface area contributed by atoms with Gasteiger partial charge in [-0.1, -0.05) is 18.3 Å². The molecule has 4 nitrogen and oxygen atoms in total. The molecule has 1 aromatic heterocycles. The fourth-order valence-electron chi connectivity index (χ4n) is 1.01. The molecular weight excluding hydrogens is 186 g/mol. The number of anilines is 1.